The van der Waals surface area contributed by atoms with Crippen molar-refractivity contribution in [3.63, 3.8) is 0 Å². The van der Waals surface area contributed by atoms with Crippen LogP contribution >= 0.6 is 0 Å². The van der Waals surface area contributed by atoms with E-state index in [1.807, 2.05) is 0 Å². The van der Waals surface area contributed by atoms with E-state index in [0.717, 1.165) is 90.7 Å². The van der Waals surface area contributed by atoms with Gasteiger partial charge >= 0.3 is 0 Å². The summed E-state index contributed by atoms with van der Waals surface area (Å²) in [6.07, 6.45) is 4.64. The van der Waals surface area contributed by atoms with E-state index in [9.17, 15) is 0 Å². The number of nitrogens with one attached hydrogen (secondary N) is 1. The number of aliphatic imine (C=N–C) groups is 1. The quantitative estimate of drug-likeness (QED) is 0.391. The van der Waals surface area contributed by atoms with Crippen LogP contribution in [0.4, 0.5) is 0 Å². The third kappa shape index (κ3) is 6.98. The Balaban J connectivity index is 1.42. The Labute approximate surface area is 176 Å². The molecule has 2 aliphatic heterocycles. The standard InChI is InChI=1S/C23H38N4O2/c1-3-24-23(27-14-10-22(11-15-27)29-18-6-17-28-2)25-12-16-26-13-9-20-7-4-5-8-21(20)19-26/h4-5,7-8,22H,3,6,9-19H2,1-2H3,(H,24,25). The number of ether oxygens (including phenoxy) is 2. The predicted octanol–water partition coefficient (Wildman–Crippen LogP) is 2.53. The van der Waals surface area contributed by atoms with E-state index in [2.05, 4.69) is 46.3 Å². The molecule has 29 heavy (non-hydrogen) atoms. The van der Waals surface area contributed by atoms with E-state index in [1.54, 1.807) is 7.11 Å². The van der Waals surface area contributed by atoms with Crippen LogP contribution in [0.3, 0.4) is 0 Å². The Morgan fingerprint density at radius 1 is 1.14 bits per heavy atom. The molecule has 0 amide bonds. The van der Waals surface area contributed by atoms with Gasteiger partial charge in [0.1, 0.15) is 0 Å². The van der Waals surface area contributed by atoms with Crippen molar-refractivity contribution in [2.75, 3.05) is 59.6 Å². The van der Waals surface area contributed by atoms with Gasteiger partial charge in [0.05, 0.1) is 12.6 Å². The summed E-state index contributed by atoms with van der Waals surface area (Å²) in [6, 6.07) is 8.82. The lowest BCUT2D eigenvalue weighted by molar-refractivity contribution is 0.00990. The number of guanidine groups is 1. The summed E-state index contributed by atoms with van der Waals surface area (Å²) in [7, 11) is 1.74. The van der Waals surface area contributed by atoms with Gasteiger partial charge in [0.2, 0.25) is 0 Å². The Kier molecular flexibility index (Phi) is 9.25. The van der Waals surface area contributed by atoms with Gasteiger partial charge < -0.3 is 19.7 Å². The molecule has 0 radical (unpaired) electrons. The predicted molar refractivity (Wildman–Crippen MR) is 118 cm³/mol. The van der Waals surface area contributed by atoms with Gasteiger partial charge in [0, 0.05) is 59.6 Å². The molecular weight excluding hydrogens is 364 g/mol. The highest BCUT2D eigenvalue weighted by Gasteiger charge is 2.22. The van der Waals surface area contributed by atoms with Gasteiger partial charge in [-0.2, -0.15) is 0 Å². The number of piperidine rings is 1. The molecule has 1 saturated heterocycles. The van der Waals surface area contributed by atoms with Crippen molar-refractivity contribution in [1.29, 1.82) is 0 Å². The number of likely N-dealkylation sites (tertiary alicyclic amines) is 1. The Hall–Kier alpha value is -1.63. The summed E-state index contributed by atoms with van der Waals surface area (Å²) in [4.78, 5) is 9.85. The fraction of sp³-hybridized carbons (Fsp3) is 0.696. The van der Waals surface area contributed by atoms with Crippen molar-refractivity contribution < 1.29 is 9.47 Å². The van der Waals surface area contributed by atoms with Crippen LogP contribution in [-0.2, 0) is 22.4 Å². The molecule has 0 bridgehead atoms. The lowest BCUT2D eigenvalue weighted by Gasteiger charge is -2.34. The van der Waals surface area contributed by atoms with Crippen LogP contribution < -0.4 is 5.32 Å². The molecule has 1 fully saturated rings. The molecule has 3 rings (SSSR count). The molecule has 1 aromatic carbocycles. The summed E-state index contributed by atoms with van der Waals surface area (Å²) in [5.41, 5.74) is 2.98. The van der Waals surface area contributed by atoms with Gasteiger partial charge in [0.25, 0.3) is 0 Å². The highest BCUT2D eigenvalue weighted by atomic mass is 16.5. The van der Waals surface area contributed by atoms with Crippen LogP contribution in [0.15, 0.2) is 29.3 Å². The van der Waals surface area contributed by atoms with Crippen LogP contribution in [0.1, 0.15) is 37.3 Å². The molecule has 0 aliphatic carbocycles. The summed E-state index contributed by atoms with van der Waals surface area (Å²) < 4.78 is 11.1. The molecule has 0 unspecified atom stereocenters. The summed E-state index contributed by atoms with van der Waals surface area (Å²) in [5, 5.41) is 3.48. The molecule has 0 spiro atoms. The minimum atomic E-state index is 0.374. The number of nitrogens with zero attached hydrogens (tertiary/aromatic N) is 3. The smallest absolute Gasteiger partial charge is 0.193 e. The first-order valence-electron chi connectivity index (χ1n) is 11.2. The largest absolute Gasteiger partial charge is 0.385 e. The maximum Gasteiger partial charge on any atom is 0.193 e. The molecule has 6 heteroatoms. The van der Waals surface area contributed by atoms with Crippen molar-refractivity contribution in [2.45, 2.75) is 45.3 Å². The zero-order valence-electron chi connectivity index (χ0n) is 18.2. The number of hydrogen-bond donors (Lipinski definition) is 1. The Bertz CT molecular complexity index is 629. The molecule has 0 atom stereocenters. The molecule has 1 N–H and O–H groups in total. The van der Waals surface area contributed by atoms with Gasteiger partial charge in [-0.25, -0.2) is 0 Å². The topological polar surface area (TPSA) is 49.3 Å². The molecule has 0 aromatic heterocycles. The zero-order valence-corrected chi connectivity index (χ0v) is 18.2. The number of rotatable bonds is 9. The first-order chi connectivity index (χ1) is 14.3. The van der Waals surface area contributed by atoms with E-state index in [-0.39, 0.29) is 0 Å². The summed E-state index contributed by atoms with van der Waals surface area (Å²) in [6.45, 7) is 10.7. The van der Waals surface area contributed by atoms with Crippen molar-refractivity contribution in [3.8, 4) is 0 Å². The summed E-state index contributed by atoms with van der Waals surface area (Å²) >= 11 is 0. The molecule has 6 nitrogen and oxygen atoms in total. The SMILES string of the molecule is CCNC(=NCCN1CCc2ccccc2C1)N1CCC(OCCCOC)CC1. The molecular formula is C23H38N4O2. The molecule has 1 aromatic rings. The summed E-state index contributed by atoms with van der Waals surface area (Å²) in [5.74, 6) is 1.06. The average molecular weight is 403 g/mol. The van der Waals surface area contributed by atoms with E-state index in [4.69, 9.17) is 14.5 Å². The van der Waals surface area contributed by atoms with Gasteiger partial charge in [0.15, 0.2) is 5.96 Å². The van der Waals surface area contributed by atoms with Crippen LogP contribution in [-0.4, -0.2) is 81.5 Å². The van der Waals surface area contributed by atoms with Gasteiger partial charge in [-0.3, -0.25) is 9.89 Å². The van der Waals surface area contributed by atoms with E-state index < -0.39 is 0 Å². The van der Waals surface area contributed by atoms with Gasteiger partial charge in [-0.1, -0.05) is 24.3 Å². The molecule has 2 aliphatic rings. The Morgan fingerprint density at radius 3 is 2.69 bits per heavy atom. The minimum absolute atomic E-state index is 0.374. The third-order valence-corrected chi connectivity index (χ3v) is 5.81. The Morgan fingerprint density at radius 2 is 1.93 bits per heavy atom. The highest BCUT2D eigenvalue weighted by Crippen LogP contribution is 2.18. The van der Waals surface area contributed by atoms with Crippen molar-refractivity contribution in [1.82, 2.24) is 15.1 Å². The second-order valence-electron chi connectivity index (χ2n) is 7.93. The van der Waals surface area contributed by atoms with E-state index >= 15 is 0 Å². The fourth-order valence-electron chi connectivity index (χ4n) is 4.16. The van der Waals surface area contributed by atoms with Crippen LogP contribution in [0.5, 0.6) is 0 Å². The average Bonchev–Trinajstić information content (AvgIpc) is 2.76. The lowest BCUT2D eigenvalue weighted by Crippen LogP contribution is -2.47. The van der Waals surface area contributed by atoms with Crippen molar-refractivity contribution in [3.05, 3.63) is 35.4 Å². The van der Waals surface area contributed by atoms with Crippen LogP contribution in [0, 0.1) is 0 Å². The lowest BCUT2D eigenvalue weighted by atomic mass is 10.00. The minimum Gasteiger partial charge on any atom is -0.385 e. The van der Waals surface area contributed by atoms with Crippen molar-refractivity contribution >= 4 is 5.96 Å². The second kappa shape index (κ2) is 12.2. The van der Waals surface area contributed by atoms with Crippen molar-refractivity contribution in [2.24, 2.45) is 4.99 Å². The zero-order chi connectivity index (χ0) is 20.3. The first kappa shape index (κ1) is 22.1. The number of hydrogen-bond acceptors (Lipinski definition) is 4. The second-order valence-corrected chi connectivity index (χ2v) is 7.93. The maximum atomic E-state index is 5.99. The first-order valence-corrected chi connectivity index (χ1v) is 11.2. The normalized spacial score (nSPS) is 18.7. The highest BCUT2D eigenvalue weighted by molar-refractivity contribution is 5.80. The number of methoxy groups -OCH3 is 1. The number of benzene rings is 1. The third-order valence-electron chi connectivity index (χ3n) is 5.81. The molecule has 162 valence electrons. The molecule has 0 saturated carbocycles. The monoisotopic (exact) mass is 402 g/mol. The van der Waals surface area contributed by atoms with Crippen LogP contribution in [0.2, 0.25) is 0 Å². The van der Waals surface area contributed by atoms with E-state index in [0.29, 0.717) is 6.10 Å². The van der Waals surface area contributed by atoms with Gasteiger partial charge in [-0.15, -0.1) is 0 Å². The van der Waals surface area contributed by atoms with Gasteiger partial charge in [-0.05, 0) is 43.7 Å². The fourth-order valence-corrected chi connectivity index (χ4v) is 4.16. The van der Waals surface area contributed by atoms with Crippen LogP contribution in [0.25, 0.3) is 0 Å². The van der Waals surface area contributed by atoms with E-state index in [1.165, 1.54) is 11.1 Å². The molecule has 2 heterocycles. The maximum absolute atomic E-state index is 5.99. The number of fused-ring (bicyclic) bond motifs is 1.